The second kappa shape index (κ2) is 8.37. The van der Waals surface area contributed by atoms with Gasteiger partial charge < -0.3 is 19.8 Å². The molecule has 0 aromatic heterocycles. The van der Waals surface area contributed by atoms with Gasteiger partial charge in [-0.05, 0) is 54.6 Å². The molecule has 0 bridgehead atoms. The molecule has 134 valence electrons. The van der Waals surface area contributed by atoms with Gasteiger partial charge in [-0.3, -0.25) is 0 Å². The zero-order chi connectivity index (χ0) is 15.4. The van der Waals surface area contributed by atoms with E-state index in [0.717, 1.165) is 23.3 Å². The average molecular weight is 380 g/mol. The monoisotopic (exact) mass is 380 g/mol. The summed E-state index contributed by atoms with van der Waals surface area (Å²) in [4.78, 5) is 5.34. The SMILES string of the molecule is CC1CC2C=C3CCCC3=CC2C1[Si](C)(C)[N-]C(C)(C)C.[CH3-].[CH3-].[Ti+4]. The zero-order valence-corrected chi connectivity index (χ0v) is 19.8. The molecule has 0 spiro atoms. The molecule has 3 aliphatic rings. The number of hydrogen-bond acceptors (Lipinski definition) is 0. The molecule has 3 heteroatoms. The maximum atomic E-state index is 5.34. The average Bonchev–Trinajstić information content (AvgIpc) is 2.83. The third-order valence-corrected chi connectivity index (χ3v) is 9.55. The normalized spacial score (nSPS) is 31.6. The minimum absolute atomic E-state index is 0. The Balaban J connectivity index is 0.00000176. The summed E-state index contributed by atoms with van der Waals surface area (Å²) in [7, 11) is -1.57. The molecule has 4 atom stereocenters. The van der Waals surface area contributed by atoms with Crippen LogP contribution in [0.25, 0.3) is 4.98 Å². The third kappa shape index (κ3) is 4.75. The predicted molar refractivity (Wildman–Crippen MR) is 108 cm³/mol. The molecule has 2 fully saturated rings. The first-order chi connectivity index (χ1) is 9.67. The van der Waals surface area contributed by atoms with Crippen LogP contribution in [0.1, 0.15) is 53.4 Å². The molecular formula is C21H38NSiTi+. The molecule has 0 aromatic carbocycles. The Morgan fingerprint density at radius 3 is 2.12 bits per heavy atom. The van der Waals surface area contributed by atoms with Gasteiger partial charge in [-0.2, -0.15) is 0 Å². The van der Waals surface area contributed by atoms with Crippen molar-refractivity contribution in [2.45, 2.75) is 77.6 Å². The van der Waals surface area contributed by atoms with E-state index in [1.54, 1.807) is 11.1 Å². The van der Waals surface area contributed by atoms with E-state index in [1.807, 2.05) is 0 Å². The van der Waals surface area contributed by atoms with Gasteiger partial charge in [-0.25, -0.2) is 0 Å². The van der Waals surface area contributed by atoms with Crippen LogP contribution in [-0.4, -0.2) is 13.8 Å². The predicted octanol–water partition coefficient (Wildman–Crippen LogP) is 6.95. The summed E-state index contributed by atoms with van der Waals surface area (Å²) < 4.78 is 0. The topological polar surface area (TPSA) is 14.1 Å². The first-order valence-corrected chi connectivity index (χ1v) is 11.9. The number of hydrogen-bond donors (Lipinski definition) is 0. The fraction of sp³-hybridized carbons (Fsp3) is 0.714. The van der Waals surface area contributed by atoms with Crippen LogP contribution in [0.5, 0.6) is 0 Å². The van der Waals surface area contributed by atoms with E-state index in [1.165, 1.54) is 25.7 Å². The van der Waals surface area contributed by atoms with Crippen molar-refractivity contribution in [1.29, 1.82) is 0 Å². The van der Waals surface area contributed by atoms with Crippen LogP contribution in [0.15, 0.2) is 23.3 Å². The van der Waals surface area contributed by atoms with E-state index >= 15 is 0 Å². The first-order valence-electron chi connectivity index (χ1n) is 8.83. The molecule has 3 aliphatic carbocycles. The van der Waals surface area contributed by atoms with Crippen molar-refractivity contribution in [3.63, 3.8) is 0 Å². The second-order valence-electron chi connectivity index (χ2n) is 9.15. The van der Waals surface area contributed by atoms with Crippen molar-refractivity contribution < 1.29 is 21.7 Å². The zero-order valence-electron chi connectivity index (χ0n) is 17.2. The number of rotatable bonds is 2. The summed E-state index contributed by atoms with van der Waals surface area (Å²) in [5, 5.41) is 0. The standard InChI is InChI=1S/C19H32NSi.2CH3.Ti/c1-13-10-16-11-14-8-7-9-15(14)12-17(16)18(13)21(5,6)20-19(2,3)4;;;/h11-13,16-18H,7-10H2,1-6H3;2*1H3;/q3*-1;+4. The number of allylic oxidation sites excluding steroid dienone is 4. The van der Waals surface area contributed by atoms with Gasteiger partial charge in [0, 0.05) is 0 Å². The number of fused-ring (bicyclic) bond motifs is 2. The molecule has 0 saturated heterocycles. The van der Waals surface area contributed by atoms with E-state index in [2.05, 4.69) is 52.9 Å². The van der Waals surface area contributed by atoms with Gasteiger partial charge in [-0.1, -0.05) is 66.7 Å². The van der Waals surface area contributed by atoms with Crippen molar-refractivity contribution in [2.24, 2.45) is 17.8 Å². The van der Waals surface area contributed by atoms with Crippen LogP contribution >= 0.6 is 0 Å². The molecule has 24 heavy (non-hydrogen) atoms. The molecule has 4 unspecified atom stereocenters. The van der Waals surface area contributed by atoms with E-state index in [9.17, 15) is 0 Å². The fourth-order valence-electron chi connectivity index (χ4n) is 5.55. The second-order valence-corrected chi connectivity index (χ2v) is 13.4. The summed E-state index contributed by atoms with van der Waals surface area (Å²) in [6, 6.07) is 0. The maximum Gasteiger partial charge on any atom is 4.00 e. The molecule has 0 heterocycles. The Morgan fingerprint density at radius 2 is 1.58 bits per heavy atom. The first kappa shape index (κ1) is 24.4. The molecule has 0 N–H and O–H groups in total. The van der Waals surface area contributed by atoms with Crippen LogP contribution in [-0.2, 0) is 21.7 Å². The van der Waals surface area contributed by atoms with Crippen LogP contribution in [0, 0.1) is 32.6 Å². The van der Waals surface area contributed by atoms with Gasteiger partial charge in [0.15, 0.2) is 0 Å². The smallest absolute Gasteiger partial charge is 0.660 e. The van der Waals surface area contributed by atoms with Crippen molar-refractivity contribution in [3.8, 4) is 0 Å². The van der Waals surface area contributed by atoms with Gasteiger partial charge in [0.1, 0.15) is 0 Å². The molecule has 0 radical (unpaired) electrons. The van der Waals surface area contributed by atoms with Crippen molar-refractivity contribution >= 4 is 8.24 Å². The van der Waals surface area contributed by atoms with E-state index < -0.39 is 8.24 Å². The fourth-order valence-corrected chi connectivity index (χ4v) is 10.2. The van der Waals surface area contributed by atoms with Gasteiger partial charge in [-0.15, -0.1) is 5.54 Å². The minimum atomic E-state index is -1.57. The van der Waals surface area contributed by atoms with Crippen molar-refractivity contribution in [3.05, 3.63) is 43.1 Å². The van der Waals surface area contributed by atoms with Gasteiger partial charge >= 0.3 is 21.7 Å². The Bertz CT molecular complexity index is 487. The summed E-state index contributed by atoms with van der Waals surface area (Å²) in [5.41, 5.74) is 4.32. The summed E-state index contributed by atoms with van der Waals surface area (Å²) in [5.74, 6) is 2.42. The van der Waals surface area contributed by atoms with Crippen LogP contribution in [0.3, 0.4) is 0 Å². The van der Waals surface area contributed by atoms with Crippen LogP contribution in [0.2, 0.25) is 18.6 Å². The van der Waals surface area contributed by atoms with Gasteiger partial charge in [0.25, 0.3) is 0 Å². The largest absolute Gasteiger partial charge is 4.00 e. The Morgan fingerprint density at radius 1 is 1.04 bits per heavy atom. The molecule has 0 amide bonds. The van der Waals surface area contributed by atoms with Crippen LogP contribution in [0.4, 0.5) is 0 Å². The molecule has 3 rings (SSSR count). The summed E-state index contributed by atoms with van der Waals surface area (Å²) >= 11 is 0. The molecule has 2 saturated carbocycles. The van der Waals surface area contributed by atoms with E-state index in [4.69, 9.17) is 4.98 Å². The Hall–Kier alpha value is 0.371. The van der Waals surface area contributed by atoms with E-state index in [-0.39, 0.29) is 42.1 Å². The quantitative estimate of drug-likeness (QED) is 0.363. The summed E-state index contributed by atoms with van der Waals surface area (Å²) in [6.45, 7) is 14.3. The van der Waals surface area contributed by atoms with Crippen LogP contribution < -0.4 is 0 Å². The van der Waals surface area contributed by atoms with Gasteiger partial charge in [0.2, 0.25) is 0 Å². The molecule has 0 aliphatic heterocycles. The third-order valence-electron chi connectivity index (χ3n) is 5.72. The minimum Gasteiger partial charge on any atom is -0.660 e. The number of nitrogens with zero attached hydrogens (tertiary/aromatic N) is 1. The van der Waals surface area contributed by atoms with E-state index in [0.29, 0.717) is 0 Å². The molecule has 1 nitrogen and oxygen atoms in total. The summed E-state index contributed by atoms with van der Waals surface area (Å²) in [6.07, 6.45) is 10.8. The van der Waals surface area contributed by atoms with Gasteiger partial charge in [0.05, 0.1) is 0 Å². The Labute approximate surface area is 168 Å². The maximum absolute atomic E-state index is 5.34. The van der Waals surface area contributed by atoms with Crippen molar-refractivity contribution in [1.82, 2.24) is 0 Å². The Kier molecular flexibility index (Phi) is 8.50. The molecule has 0 aromatic rings. The molecular weight excluding hydrogens is 342 g/mol. The van der Waals surface area contributed by atoms with Crippen molar-refractivity contribution in [2.75, 3.05) is 0 Å².